The molecule has 1 N–H and O–H groups in total. The first-order chi connectivity index (χ1) is 10.4. The zero-order valence-electron chi connectivity index (χ0n) is 12.8. The van der Waals surface area contributed by atoms with Gasteiger partial charge in [-0.25, -0.2) is 0 Å². The molecule has 7 heteroatoms. The number of carbonyl (C=O) groups is 1. The molecular formula is C16H20ClF3N2O. The van der Waals surface area contributed by atoms with E-state index < -0.39 is 11.7 Å². The molecule has 23 heavy (non-hydrogen) atoms. The molecule has 0 aliphatic carbocycles. The SMILES string of the molecule is CNCC1CCN(C(=O)/C=C/c2cccc(C(F)(F)F)c2)C1.Cl. The minimum Gasteiger partial charge on any atom is -0.339 e. The van der Waals surface area contributed by atoms with Crippen molar-refractivity contribution in [3.8, 4) is 0 Å². The Labute approximate surface area is 140 Å². The molecule has 1 heterocycles. The second-order valence-electron chi connectivity index (χ2n) is 5.45. The van der Waals surface area contributed by atoms with Crippen LogP contribution in [-0.4, -0.2) is 37.5 Å². The molecule has 0 radical (unpaired) electrons. The van der Waals surface area contributed by atoms with Crippen LogP contribution in [0.25, 0.3) is 6.08 Å². The van der Waals surface area contributed by atoms with Crippen LogP contribution in [0.3, 0.4) is 0 Å². The third kappa shape index (κ3) is 5.55. The second-order valence-corrected chi connectivity index (χ2v) is 5.45. The zero-order chi connectivity index (χ0) is 16.2. The van der Waals surface area contributed by atoms with Gasteiger partial charge in [-0.2, -0.15) is 13.2 Å². The fourth-order valence-electron chi connectivity index (χ4n) is 2.58. The van der Waals surface area contributed by atoms with Crippen molar-refractivity contribution in [3.05, 3.63) is 41.5 Å². The quantitative estimate of drug-likeness (QED) is 0.847. The van der Waals surface area contributed by atoms with Crippen molar-refractivity contribution < 1.29 is 18.0 Å². The zero-order valence-corrected chi connectivity index (χ0v) is 13.6. The van der Waals surface area contributed by atoms with Crippen LogP contribution in [0.5, 0.6) is 0 Å². The van der Waals surface area contributed by atoms with Gasteiger partial charge in [0.25, 0.3) is 0 Å². The van der Waals surface area contributed by atoms with E-state index in [0.717, 1.165) is 25.1 Å². The van der Waals surface area contributed by atoms with Crippen molar-refractivity contribution >= 4 is 24.4 Å². The van der Waals surface area contributed by atoms with E-state index in [-0.39, 0.29) is 18.3 Å². The highest BCUT2D eigenvalue weighted by atomic mass is 35.5. The third-order valence-corrected chi connectivity index (χ3v) is 3.72. The summed E-state index contributed by atoms with van der Waals surface area (Å²) < 4.78 is 37.9. The summed E-state index contributed by atoms with van der Waals surface area (Å²) in [5.41, 5.74) is -0.341. The lowest BCUT2D eigenvalue weighted by atomic mass is 10.1. The molecule has 1 aromatic carbocycles. The molecule has 128 valence electrons. The number of rotatable bonds is 4. The highest BCUT2D eigenvalue weighted by molar-refractivity contribution is 5.92. The normalized spacial score (nSPS) is 18.3. The lowest BCUT2D eigenvalue weighted by Gasteiger charge is -2.14. The van der Waals surface area contributed by atoms with E-state index in [1.54, 1.807) is 11.0 Å². The number of amides is 1. The molecule has 1 aliphatic heterocycles. The Morgan fingerprint density at radius 2 is 2.17 bits per heavy atom. The van der Waals surface area contributed by atoms with Gasteiger partial charge >= 0.3 is 6.18 Å². The Bertz CT molecular complexity index is 561. The number of hydrogen-bond acceptors (Lipinski definition) is 2. The summed E-state index contributed by atoms with van der Waals surface area (Å²) in [5, 5.41) is 3.08. The molecule has 3 nitrogen and oxygen atoms in total. The predicted octanol–water partition coefficient (Wildman–Crippen LogP) is 3.21. The van der Waals surface area contributed by atoms with E-state index in [1.807, 2.05) is 7.05 Å². The monoisotopic (exact) mass is 348 g/mol. The Balaban J connectivity index is 0.00000264. The summed E-state index contributed by atoms with van der Waals surface area (Å²) in [6.07, 6.45) is -0.645. The molecule has 1 aromatic rings. The van der Waals surface area contributed by atoms with E-state index in [2.05, 4.69) is 5.32 Å². The van der Waals surface area contributed by atoms with E-state index in [4.69, 9.17) is 0 Å². The smallest absolute Gasteiger partial charge is 0.339 e. The van der Waals surface area contributed by atoms with Crippen molar-refractivity contribution in [2.24, 2.45) is 5.92 Å². The number of alkyl halides is 3. The maximum absolute atomic E-state index is 12.6. The van der Waals surface area contributed by atoms with Gasteiger partial charge in [0.05, 0.1) is 5.56 Å². The van der Waals surface area contributed by atoms with Crippen molar-refractivity contribution in [3.63, 3.8) is 0 Å². The topological polar surface area (TPSA) is 32.3 Å². The lowest BCUT2D eigenvalue weighted by Crippen LogP contribution is -2.28. The minimum atomic E-state index is -4.37. The van der Waals surface area contributed by atoms with Crippen LogP contribution in [0.2, 0.25) is 0 Å². The molecule has 0 saturated carbocycles. The number of likely N-dealkylation sites (tertiary alicyclic amines) is 1. The van der Waals surface area contributed by atoms with Crippen molar-refractivity contribution in [1.82, 2.24) is 10.2 Å². The summed E-state index contributed by atoms with van der Waals surface area (Å²) in [5.74, 6) is 0.284. The first-order valence-electron chi connectivity index (χ1n) is 7.19. The fourth-order valence-corrected chi connectivity index (χ4v) is 2.58. The van der Waals surface area contributed by atoms with Gasteiger partial charge in [0, 0.05) is 19.2 Å². The van der Waals surface area contributed by atoms with Crippen LogP contribution >= 0.6 is 12.4 Å². The van der Waals surface area contributed by atoms with Crippen LogP contribution in [0.4, 0.5) is 13.2 Å². The molecule has 0 spiro atoms. The van der Waals surface area contributed by atoms with Gasteiger partial charge in [-0.3, -0.25) is 4.79 Å². The average molecular weight is 349 g/mol. The Morgan fingerprint density at radius 1 is 1.43 bits per heavy atom. The van der Waals surface area contributed by atoms with Crippen LogP contribution < -0.4 is 5.32 Å². The summed E-state index contributed by atoms with van der Waals surface area (Å²) in [6.45, 7) is 2.24. The average Bonchev–Trinajstić information content (AvgIpc) is 2.93. The van der Waals surface area contributed by atoms with E-state index in [1.165, 1.54) is 18.2 Å². The number of nitrogens with one attached hydrogen (secondary N) is 1. The van der Waals surface area contributed by atoms with Crippen LogP contribution in [0.1, 0.15) is 17.5 Å². The molecule has 1 amide bonds. The van der Waals surface area contributed by atoms with Gasteiger partial charge in [-0.15, -0.1) is 12.4 Å². The third-order valence-electron chi connectivity index (χ3n) is 3.72. The molecule has 1 saturated heterocycles. The number of halogens is 4. The van der Waals surface area contributed by atoms with E-state index in [9.17, 15) is 18.0 Å². The molecule has 0 bridgehead atoms. The Kier molecular flexibility index (Phi) is 7.09. The number of benzene rings is 1. The van der Waals surface area contributed by atoms with Crippen molar-refractivity contribution in [1.29, 1.82) is 0 Å². The van der Waals surface area contributed by atoms with Gasteiger partial charge in [-0.1, -0.05) is 12.1 Å². The minimum absolute atomic E-state index is 0. The second kappa shape index (κ2) is 8.36. The maximum atomic E-state index is 12.6. The highest BCUT2D eigenvalue weighted by Crippen LogP contribution is 2.29. The Hall–Kier alpha value is -1.53. The first kappa shape index (κ1) is 19.5. The molecule has 1 aliphatic rings. The van der Waals surface area contributed by atoms with Crippen molar-refractivity contribution in [2.75, 3.05) is 26.7 Å². The van der Waals surface area contributed by atoms with Gasteiger partial charge in [0.15, 0.2) is 0 Å². The predicted molar refractivity (Wildman–Crippen MR) is 86.3 cm³/mol. The van der Waals surface area contributed by atoms with Gasteiger partial charge in [0.2, 0.25) is 5.91 Å². The first-order valence-corrected chi connectivity index (χ1v) is 7.19. The maximum Gasteiger partial charge on any atom is 0.416 e. The standard InChI is InChI=1S/C16H19F3N2O.ClH/c1-20-10-13-7-8-21(11-13)15(22)6-5-12-3-2-4-14(9-12)16(17,18)19;/h2-6,9,13,20H,7-8,10-11H2,1H3;1H/b6-5+;. The van der Waals surface area contributed by atoms with Crippen LogP contribution in [-0.2, 0) is 11.0 Å². The van der Waals surface area contributed by atoms with E-state index in [0.29, 0.717) is 24.6 Å². The largest absolute Gasteiger partial charge is 0.416 e. The molecule has 1 fully saturated rings. The Morgan fingerprint density at radius 3 is 2.83 bits per heavy atom. The fraction of sp³-hybridized carbons (Fsp3) is 0.438. The molecule has 1 atom stereocenters. The van der Waals surface area contributed by atoms with E-state index >= 15 is 0 Å². The van der Waals surface area contributed by atoms with Crippen molar-refractivity contribution in [2.45, 2.75) is 12.6 Å². The molecule has 2 rings (SSSR count). The number of nitrogens with zero attached hydrogens (tertiary/aromatic N) is 1. The number of carbonyl (C=O) groups excluding carboxylic acids is 1. The highest BCUT2D eigenvalue weighted by Gasteiger charge is 2.30. The van der Waals surface area contributed by atoms with Gasteiger partial charge in [0.1, 0.15) is 0 Å². The van der Waals surface area contributed by atoms with Crippen LogP contribution in [0, 0.1) is 5.92 Å². The van der Waals surface area contributed by atoms with Gasteiger partial charge in [-0.05, 0) is 49.7 Å². The lowest BCUT2D eigenvalue weighted by molar-refractivity contribution is -0.137. The number of hydrogen-bond donors (Lipinski definition) is 1. The summed E-state index contributed by atoms with van der Waals surface area (Å²) in [6, 6.07) is 4.94. The molecular weight excluding hydrogens is 329 g/mol. The van der Waals surface area contributed by atoms with Crippen LogP contribution in [0.15, 0.2) is 30.3 Å². The molecule has 1 unspecified atom stereocenters. The molecule has 0 aromatic heterocycles. The summed E-state index contributed by atoms with van der Waals surface area (Å²) in [4.78, 5) is 13.8. The summed E-state index contributed by atoms with van der Waals surface area (Å²) >= 11 is 0. The summed E-state index contributed by atoms with van der Waals surface area (Å²) in [7, 11) is 1.87. The van der Waals surface area contributed by atoms with Gasteiger partial charge < -0.3 is 10.2 Å².